The number of alkyl halides is 3. The van der Waals surface area contributed by atoms with E-state index in [1.165, 1.54) is 13.2 Å². The zero-order chi connectivity index (χ0) is 27.7. The maximum absolute atomic E-state index is 13.7. The fourth-order valence-corrected chi connectivity index (χ4v) is 7.97. The van der Waals surface area contributed by atoms with Gasteiger partial charge in [-0.05, 0) is 30.9 Å². The lowest BCUT2D eigenvalue weighted by molar-refractivity contribution is -0.143. The van der Waals surface area contributed by atoms with Gasteiger partial charge in [-0.2, -0.15) is 0 Å². The maximum atomic E-state index is 13.7. The molecular formula is C25H23BrCl2N2O8. The molecule has 0 unspecified atom stereocenters. The number of aromatic hydroxyl groups is 1. The van der Waals surface area contributed by atoms with Gasteiger partial charge in [0.2, 0.25) is 11.8 Å². The average Bonchev–Trinajstić information content (AvgIpc) is 3.20. The van der Waals surface area contributed by atoms with Crippen LogP contribution in [0.5, 0.6) is 11.5 Å². The molecule has 4 amide bonds. The summed E-state index contributed by atoms with van der Waals surface area (Å²) < 4.78 is 5.50. The number of amides is 4. The number of nitrogens with zero attached hydrogens (tertiary/aromatic N) is 2. The summed E-state index contributed by atoms with van der Waals surface area (Å²) in [5.74, 6) is -7.43. The first-order valence-electron chi connectivity index (χ1n) is 11.9. The van der Waals surface area contributed by atoms with Gasteiger partial charge >= 0.3 is 5.97 Å². The summed E-state index contributed by atoms with van der Waals surface area (Å²) in [6, 6.07) is 4.51. The Bertz CT molecular complexity index is 1320. The highest BCUT2D eigenvalue weighted by Crippen LogP contribution is 2.67. The highest BCUT2D eigenvalue weighted by Gasteiger charge is 2.76. The van der Waals surface area contributed by atoms with Crippen molar-refractivity contribution in [2.45, 2.75) is 34.9 Å². The molecule has 1 aromatic carbocycles. The fraction of sp³-hybridized carbons (Fsp3) is 0.480. The highest BCUT2D eigenvalue weighted by molar-refractivity contribution is 9.09. The zero-order valence-corrected chi connectivity index (χ0v) is 23.1. The molecule has 38 heavy (non-hydrogen) atoms. The number of phenols is 1. The molecule has 2 aliphatic heterocycles. The third kappa shape index (κ3) is 3.40. The van der Waals surface area contributed by atoms with Crippen LogP contribution in [0.15, 0.2) is 29.8 Å². The number of carbonyl (C=O) groups excluding carboxylic acids is 4. The monoisotopic (exact) mass is 628 g/mol. The van der Waals surface area contributed by atoms with Crippen LogP contribution in [-0.4, -0.2) is 78.5 Å². The second-order valence-electron chi connectivity index (χ2n) is 9.85. The minimum absolute atomic E-state index is 0.129. The molecule has 0 spiro atoms. The first-order valence-corrected chi connectivity index (χ1v) is 13.7. The van der Waals surface area contributed by atoms with Crippen molar-refractivity contribution in [3.8, 4) is 11.5 Å². The second-order valence-corrected chi connectivity index (χ2v) is 11.6. The number of ether oxygens (including phenoxy) is 1. The summed E-state index contributed by atoms with van der Waals surface area (Å²) in [5, 5.41) is 20.1. The molecule has 13 heteroatoms. The number of likely N-dealkylation sites (tertiary alicyclic amines) is 2. The fourth-order valence-electron chi connectivity index (χ4n) is 6.56. The van der Waals surface area contributed by atoms with Crippen LogP contribution in [0.4, 0.5) is 0 Å². The number of carbonyl (C=O) groups is 5. The van der Waals surface area contributed by atoms with Gasteiger partial charge in [0.1, 0.15) is 11.5 Å². The lowest BCUT2D eigenvalue weighted by atomic mass is 9.56. The zero-order valence-electron chi connectivity index (χ0n) is 20.0. The second kappa shape index (κ2) is 9.24. The maximum Gasteiger partial charge on any atom is 0.305 e. The number of halogens is 3. The van der Waals surface area contributed by atoms with Gasteiger partial charge in [-0.25, -0.2) is 0 Å². The van der Waals surface area contributed by atoms with Crippen molar-refractivity contribution in [2.24, 2.45) is 17.8 Å². The van der Waals surface area contributed by atoms with Gasteiger partial charge < -0.3 is 14.9 Å². The van der Waals surface area contributed by atoms with Crippen LogP contribution in [0, 0.1) is 17.8 Å². The number of carboxylic acids is 1. The van der Waals surface area contributed by atoms with E-state index in [-0.39, 0.29) is 41.9 Å². The molecule has 3 fully saturated rings. The highest BCUT2D eigenvalue weighted by atomic mass is 79.9. The topological polar surface area (TPSA) is 142 Å². The Kier molecular flexibility index (Phi) is 6.55. The van der Waals surface area contributed by atoms with Gasteiger partial charge in [-0.3, -0.25) is 33.8 Å². The Morgan fingerprint density at radius 1 is 1.13 bits per heavy atom. The number of phenolic OH excluding ortho intramolecular Hbond substituents is 1. The molecule has 10 nitrogen and oxygen atoms in total. The quantitative estimate of drug-likeness (QED) is 0.212. The SMILES string of the molecule is COc1cccc(O)c1[C@H]1C2=CC[C@@H]3C(=O)N(CCC(=O)O)C(=O)[C@@H]3[C@@H]2C[C@@]2(Cl)C(=O)N(CBr)C(=O)[C@@]12Cl. The van der Waals surface area contributed by atoms with E-state index in [1.807, 2.05) is 0 Å². The Morgan fingerprint density at radius 2 is 1.84 bits per heavy atom. The summed E-state index contributed by atoms with van der Waals surface area (Å²) in [4.78, 5) is 62.9. The molecule has 2 N–H and O–H groups in total. The number of carboxylic acid groups (broad SMARTS) is 1. The number of benzene rings is 1. The molecule has 6 atom stereocenters. The minimum Gasteiger partial charge on any atom is -0.508 e. The third-order valence-electron chi connectivity index (χ3n) is 8.21. The van der Waals surface area contributed by atoms with E-state index in [0.29, 0.717) is 5.57 Å². The molecule has 0 radical (unpaired) electrons. The van der Waals surface area contributed by atoms with Crippen molar-refractivity contribution >= 4 is 68.7 Å². The van der Waals surface area contributed by atoms with Crippen LogP contribution >= 0.6 is 39.1 Å². The van der Waals surface area contributed by atoms with E-state index in [2.05, 4.69) is 15.9 Å². The number of imide groups is 2. The van der Waals surface area contributed by atoms with E-state index in [1.54, 1.807) is 18.2 Å². The van der Waals surface area contributed by atoms with Gasteiger partial charge in [-0.1, -0.05) is 33.6 Å². The van der Waals surface area contributed by atoms with Crippen molar-refractivity contribution in [1.29, 1.82) is 0 Å². The largest absolute Gasteiger partial charge is 0.508 e. The van der Waals surface area contributed by atoms with Crippen LogP contribution in [0.25, 0.3) is 0 Å². The number of allylic oxidation sites excluding steroid dienone is 2. The van der Waals surface area contributed by atoms with Gasteiger partial charge in [0.15, 0.2) is 9.75 Å². The van der Waals surface area contributed by atoms with Gasteiger partial charge in [0, 0.05) is 18.0 Å². The molecule has 202 valence electrons. The number of hydrogen-bond donors (Lipinski definition) is 2. The van der Waals surface area contributed by atoms with Gasteiger partial charge in [0.05, 0.1) is 30.8 Å². The van der Waals surface area contributed by atoms with Crippen molar-refractivity contribution in [1.82, 2.24) is 9.80 Å². The molecule has 4 aliphatic rings. The summed E-state index contributed by atoms with van der Waals surface area (Å²) >= 11 is 17.4. The summed E-state index contributed by atoms with van der Waals surface area (Å²) in [7, 11) is 1.38. The number of rotatable bonds is 6. The molecule has 2 saturated heterocycles. The van der Waals surface area contributed by atoms with Crippen molar-refractivity contribution in [3.63, 3.8) is 0 Å². The third-order valence-corrected chi connectivity index (χ3v) is 10.1. The Balaban J connectivity index is 1.71. The lowest BCUT2D eigenvalue weighted by Crippen LogP contribution is -2.60. The van der Waals surface area contributed by atoms with Crippen LogP contribution in [0.3, 0.4) is 0 Å². The van der Waals surface area contributed by atoms with Crippen LogP contribution in [0.1, 0.15) is 30.7 Å². The van der Waals surface area contributed by atoms with Crippen LogP contribution in [-0.2, 0) is 24.0 Å². The number of hydrogen-bond acceptors (Lipinski definition) is 7. The van der Waals surface area contributed by atoms with Crippen molar-refractivity contribution < 1.29 is 38.9 Å². The molecule has 0 aromatic heterocycles. The summed E-state index contributed by atoms with van der Waals surface area (Å²) in [5.41, 5.74) is 0.464. The predicted octanol–water partition coefficient (Wildman–Crippen LogP) is 2.59. The molecule has 5 rings (SSSR count). The van der Waals surface area contributed by atoms with E-state index in [0.717, 1.165) is 9.80 Å². The van der Waals surface area contributed by atoms with Crippen LogP contribution in [0.2, 0.25) is 0 Å². The molecule has 1 saturated carbocycles. The molecule has 1 aromatic rings. The van der Waals surface area contributed by atoms with E-state index in [9.17, 15) is 29.1 Å². The predicted molar refractivity (Wildman–Crippen MR) is 137 cm³/mol. The first kappa shape index (κ1) is 27.0. The Labute approximate surface area is 235 Å². The van der Waals surface area contributed by atoms with Crippen molar-refractivity contribution in [2.75, 3.05) is 19.1 Å². The lowest BCUT2D eigenvalue weighted by Gasteiger charge is -2.51. The Morgan fingerprint density at radius 3 is 2.47 bits per heavy atom. The smallest absolute Gasteiger partial charge is 0.305 e. The summed E-state index contributed by atoms with van der Waals surface area (Å²) in [6.45, 7) is -0.279. The first-order chi connectivity index (χ1) is 17.9. The molecular weight excluding hydrogens is 607 g/mol. The standard InChI is InChI=1S/C25H23BrCl2N2O8/c1-38-15-4-2-3-14(31)18(15)19-11-5-6-12-17(21(35)29(20(12)34)8-7-16(32)33)13(11)9-24(27)22(36)30(10-26)23(37)25(19,24)28/h2-5,12-13,17,19,31H,6-10H2,1H3,(H,32,33)/t12-,13+,17-,19+,24+,25-/m0/s1. The molecule has 0 bridgehead atoms. The molecule has 2 heterocycles. The van der Waals surface area contributed by atoms with E-state index in [4.69, 9.17) is 33.0 Å². The number of aliphatic carboxylic acids is 1. The Hall–Kier alpha value is -2.63. The normalized spacial score (nSPS) is 34.2. The number of fused-ring (bicyclic) bond motifs is 4. The minimum atomic E-state index is -2.07. The van der Waals surface area contributed by atoms with Crippen LogP contribution < -0.4 is 4.74 Å². The van der Waals surface area contributed by atoms with Gasteiger partial charge in [0.25, 0.3) is 11.8 Å². The van der Waals surface area contributed by atoms with E-state index < -0.39 is 69.4 Å². The summed E-state index contributed by atoms with van der Waals surface area (Å²) in [6.07, 6.45) is 1.24. The van der Waals surface area contributed by atoms with Gasteiger partial charge in [-0.15, -0.1) is 23.2 Å². The number of methoxy groups -OCH3 is 1. The van der Waals surface area contributed by atoms with Crippen molar-refractivity contribution in [3.05, 3.63) is 35.4 Å². The molecule has 2 aliphatic carbocycles. The average molecular weight is 630 g/mol. The van der Waals surface area contributed by atoms with E-state index >= 15 is 0 Å².